The van der Waals surface area contributed by atoms with Gasteiger partial charge in [0.25, 0.3) is 5.91 Å². The van der Waals surface area contributed by atoms with Gasteiger partial charge in [-0.05, 0) is 37.3 Å². The monoisotopic (exact) mass is 338 g/mol. The van der Waals surface area contributed by atoms with Crippen LogP contribution in [0.25, 0.3) is 10.9 Å². The number of carbonyl (C=O) groups is 2. The first kappa shape index (κ1) is 17.1. The summed E-state index contributed by atoms with van der Waals surface area (Å²) in [7, 11) is 0. The second kappa shape index (κ2) is 7.92. The lowest BCUT2D eigenvalue weighted by Gasteiger charge is -2.14. The van der Waals surface area contributed by atoms with Gasteiger partial charge in [-0.15, -0.1) is 6.58 Å². The highest BCUT2D eigenvalue weighted by Crippen LogP contribution is 2.29. The van der Waals surface area contributed by atoms with Crippen molar-refractivity contribution in [3.63, 3.8) is 0 Å². The summed E-state index contributed by atoms with van der Waals surface area (Å²) in [6.07, 6.45) is 6.52. The molecule has 1 aromatic carbocycles. The third-order valence-corrected chi connectivity index (χ3v) is 4.40. The molecule has 0 radical (unpaired) electrons. The Bertz CT molecular complexity index is 814. The standard InChI is InChI=1S/C20H22N2O3/c1-2-12-21-18(23)13-25-20(24)19-14-8-4-3-5-10-16(14)22-17-11-7-6-9-15(17)19/h2,6-7,9,11H,1,3-5,8,10,12-13H2,(H,21,23). The number of aromatic nitrogens is 1. The molecule has 1 N–H and O–H groups in total. The van der Waals surface area contributed by atoms with Gasteiger partial charge in [-0.25, -0.2) is 4.79 Å². The average Bonchev–Trinajstić information content (AvgIpc) is 2.87. The highest BCUT2D eigenvalue weighted by Gasteiger charge is 2.23. The van der Waals surface area contributed by atoms with Crippen LogP contribution < -0.4 is 5.32 Å². The zero-order valence-electron chi connectivity index (χ0n) is 14.2. The van der Waals surface area contributed by atoms with Crippen molar-refractivity contribution < 1.29 is 14.3 Å². The lowest BCUT2D eigenvalue weighted by Crippen LogP contribution is -2.29. The largest absolute Gasteiger partial charge is 0.452 e. The van der Waals surface area contributed by atoms with Gasteiger partial charge in [0.1, 0.15) is 0 Å². The van der Waals surface area contributed by atoms with E-state index in [1.165, 1.54) is 0 Å². The topological polar surface area (TPSA) is 68.3 Å². The van der Waals surface area contributed by atoms with Crippen molar-refractivity contribution in [1.29, 1.82) is 0 Å². The highest BCUT2D eigenvalue weighted by atomic mass is 16.5. The fourth-order valence-electron chi connectivity index (χ4n) is 3.22. The molecule has 3 rings (SSSR count). The maximum Gasteiger partial charge on any atom is 0.339 e. The van der Waals surface area contributed by atoms with Crippen LogP contribution in [0.3, 0.4) is 0 Å². The molecule has 1 aliphatic carbocycles. The van der Waals surface area contributed by atoms with Gasteiger partial charge >= 0.3 is 5.97 Å². The van der Waals surface area contributed by atoms with Crippen LogP contribution in [0.2, 0.25) is 0 Å². The number of nitrogens with zero attached hydrogens (tertiary/aromatic N) is 1. The van der Waals surface area contributed by atoms with Crippen LogP contribution in [0.4, 0.5) is 0 Å². The Kier molecular flexibility index (Phi) is 5.43. The number of carbonyl (C=O) groups excluding carboxylic acids is 2. The molecule has 5 heteroatoms. The van der Waals surface area contributed by atoms with E-state index in [0.29, 0.717) is 12.1 Å². The van der Waals surface area contributed by atoms with E-state index >= 15 is 0 Å². The second-order valence-electron chi connectivity index (χ2n) is 6.16. The van der Waals surface area contributed by atoms with Gasteiger partial charge in [0, 0.05) is 17.6 Å². The molecule has 0 saturated carbocycles. The van der Waals surface area contributed by atoms with Gasteiger partial charge < -0.3 is 10.1 Å². The summed E-state index contributed by atoms with van der Waals surface area (Å²) >= 11 is 0. The number of hydrogen-bond acceptors (Lipinski definition) is 4. The van der Waals surface area contributed by atoms with E-state index in [0.717, 1.165) is 54.3 Å². The van der Waals surface area contributed by atoms with E-state index in [4.69, 9.17) is 9.72 Å². The van der Waals surface area contributed by atoms with Gasteiger partial charge in [-0.3, -0.25) is 9.78 Å². The number of rotatable bonds is 5. The van der Waals surface area contributed by atoms with Crippen molar-refractivity contribution in [2.75, 3.05) is 13.2 Å². The van der Waals surface area contributed by atoms with E-state index in [1.807, 2.05) is 24.3 Å². The Labute approximate surface area is 147 Å². The van der Waals surface area contributed by atoms with Gasteiger partial charge in [-0.2, -0.15) is 0 Å². The predicted molar refractivity (Wildman–Crippen MR) is 96.5 cm³/mol. The van der Waals surface area contributed by atoms with Gasteiger partial charge in [0.15, 0.2) is 6.61 Å². The van der Waals surface area contributed by atoms with Crippen LogP contribution in [0.15, 0.2) is 36.9 Å². The van der Waals surface area contributed by atoms with E-state index in [2.05, 4.69) is 11.9 Å². The molecule has 0 aliphatic heterocycles. The molecule has 2 aromatic rings. The number of nitrogens with one attached hydrogen (secondary N) is 1. The summed E-state index contributed by atoms with van der Waals surface area (Å²) in [5.74, 6) is -0.789. The molecule has 1 aliphatic rings. The van der Waals surface area contributed by atoms with Crippen LogP contribution in [0.1, 0.15) is 40.9 Å². The Morgan fingerprint density at radius 3 is 2.84 bits per heavy atom. The fraction of sp³-hybridized carbons (Fsp3) is 0.350. The van der Waals surface area contributed by atoms with E-state index in [9.17, 15) is 9.59 Å². The van der Waals surface area contributed by atoms with E-state index < -0.39 is 5.97 Å². The van der Waals surface area contributed by atoms with Crippen molar-refractivity contribution in [2.24, 2.45) is 0 Å². The smallest absolute Gasteiger partial charge is 0.339 e. The molecule has 25 heavy (non-hydrogen) atoms. The molecular formula is C20H22N2O3. The Hall–Kier alpha value is -2.69. The first-order valence-electron chi connectivity index (χ1n) is 8.66. The Morgan fingerprint density at radius 2 is 2.00 bits per heavy atom. The minimum absolute atomic E-state index is 0.294. The predicted octanol–water partition coefficient (Wildman–Crippen LogP) is 2.96. The average molecular weight is 338 g/mol. The van der Waals surface area contributed by atoms with Crippen molar-refractivity contribution in [3.05, 3.63) is 53.7 Å². The second-order valence-corrected chi connectivity index (χ2v) is 6.16. The third-order valence-electron chi connectivity index (χ3n) is 4.40. The summed E-state index contributed by atoms with van der Waals surface area (Å²) in [5, 5.41) is 3.39. The third kappa shape index (κ3) is 3.87. The minimum atomic E-state index is -0.453. The van der Waals surface area contributed by atoms with Crippen LogP contribution in [-0.4, -0.2) is 30.0 Å². The fourth-order valence-corrected chi connectivity index (χ4v) is 3.22. The van der Waals surface area contributed by atoms with Crippen molar-refractivity contribution in [2.45, 2.75) is 32.1 Å². The molecule has 0 bridgehead atoms. The van der Waals surface area contributed by atoms with Crippen LogP contribution in [0, 0.1) is 0 Å². The number of benzene rings is 1. The molecule has 0 atom stereocenters. The molecule has 1 aromatic heterocycles. The summed E-state index contributed by atoms with van der Waals surface area (Å²) in [6, 6.07) is 7.60. The molecule has 5 nitrogen and oxygen atoms in total. The Morgan fingerprint density at radius 1 is 1.20 bits per heavy atom. The quantitative estimate of drug-likeness (QED) is 0.517. The molecule has 0 fully saturated rings. The summed E-state index contributed by atoms with van der Waals surface area (Å²) < 4.78 is 5.29. The zero-order valence-corrected chi connectivity index (χ0v) is 14.2. The number of aryl methyl sites for hydroxylation is 1. The number of pyridine rings is 1. The maximum absolute atomic E-state index is 12.8. The normalized spacial score (nSPS) is 13.6. The number of esters is 1. The molecular weight excluding hydrogens is 316 g/mol. The highest BCUT2D eigenvalue weighted by molar-refractivity contribution is 6.05. The molecule has 0 spiro atoms. The summed E-state index contributed by atoms with van der Waals surface area (Å²) in [4.78, 5) is 29.2. The van der Waals surface area contributed by atoms with Gasteiger partial charge in [0.05, 0.1) is 11.1 Å². The first-order valence-corrected chi connectivity index (χ1v) is 8.66. The van der Waals surface area contributed by atoms with Crippen molar-refractivity contribution in [3.8, 4) is 0 Å². The number of hydrogen-bond donors (Lipinski definition) is 1. The SMILES string of the molecule is C=CCNC(=O)COC(=O)c1c2c(nc3ccccc13)CCCCC2. The van der Waals surface area contributed by atoms with E-state index in [1.54, 1.807) is 6.08 Å². The maximum atomic E-state index is 12.8. The first-order chi connectivity index (χ1) is 12.2. The van der Waals surface area contributed by atoms with Gasteiger partial charge in [0.2, 0.25) is 0 Å². The molecule has 0 saturated heterocycles. The van der Waals surface area contributed by atoms with Crippen LogP contribution in [-0.2, 0) is 22.4 Å². The summed E-state index contributed by atoms with van der Waals surface area (Å²) in [6.45, 7) is 3.59. The molecule has 1 amide bonds. The zero-order chi connectivity index (χ0) is 17.6. The number of amides is 1. The van der Waals surface area contributed by atoms with Crippen LogP contribution in [0.5, 0.6) is 0 Å². The minimum Gasteiger partial charge on any atom is -0.452 e. The lowest BCUT2D eigenvalue weighted by atomic mass is 9.97. The van der Waals surface area contributed by atoms with Gasteiger partial charge in [-0.1, -0.05) is 30.7 Å². The lowest BCUT2D eigenvalue weighted by molar-refractivity contribution is -0.124. The number of para-hydroxylation sites is 1. The molecule has 130 valence electrons. The Balaban J connectivity index is 1.93. The molecule has 1 heterocycles. The molecule has 0 unspecified atom stereocenters. The van der Waals surface area contributed by atoms with E-state index in [-0.39, 0.29) is 12.5 Å². The number of ether oxygens (including phenoxy) is 1. The van der Waals surface area contributed by atoms with Crippen LogP contribution >= 0.6 is 0 Å². The van der Waals surface area contributed by atoms with Crippen molar-refractivity contribution >= 4 is 22.8 Å². The van der Waals surface area contributed by atoms with Crippen molar-refractivity contribution in [1.82, 2.24) is 10.3 Å². The summed E-state index contributed by atoms with van der Waals surface area (Å²) in [5.41, 5.74) is 3.33. The number of fused-ring (bicyclic) bond motifs is 2.